The van der Waals surface area contributed by atoms with Gasteiger partial charge in [-0.15, -0.1) is 21.8 Å². The number of halogens is 4. The smallest absolute Gasteiger partial charge is 0.355 e. The van der Waals surface area contributed by atoms with E-state index in [9.17, 15) is 13.2 Å². The minimum absolute atomic E-state index is 0.491. The molecule has 0 aliphatic carbocycles. The molecule has 0 saturated carbocycles. The van der Waals surface area contributed by atoms with Gasteiger partial charge in [0.2, 0.25) is 0 Å². The number of nitrogens with zero attached hydrogens (tertiary/aromatic N) is 3. The molecule has 1 aromatic rings. The minimum Gasteiger partial charge on any atom is -0.355 e. The van der Waals surface area contributed by atoms with E-state index >= 15 is 0 Å². The Balaban J connectivity index is 2.02. The van der Waals surface area contributed by atoms with Gasteiger partial charge in [0.15, 0.2) is 11.5 Å². The molecule has 0 aromatic carbocycles. The van der Waals surface area contributed by atoms with Gasteiger partial charge in [-0.25, -0.2) is 0 Å². The monoisotopic (exact) mass is 279 g/mol. The van der Waals surface area contributed by atoms with Gasteiger partial charge in [0.05, 0.1) is 0 Å². The fourth-order valence-corrected chi connectivity index (χ4v) is 2.27. The summed E-state index contributed by atoms with van der Waals surface area (Å²) in [6.07, 6.45) is -2.56. The summed E-state index contributed by atoms with van der Waals surface area (Å²) >= 11 is 5.77. The number of hydrogen-bond acceptors (Lipinski definition) is 3. The lowest BCUT2D eigenvalue weighted by Crippen LogP contribution is -2.35. The molecule has 0 amide bonds. The van der Waals surface area contributed by atoms with E-state index in [1.54, 1.807) is 0 Å². The van der Waals surface area contributed by atoms with Crippen molar-refractivity contribution >= 4 is 17.4 Å². The van der Waals surface area contributed by atoms with Crippen LogP contribution in [-0.2, 0) is 6.18 Å². The molecule has 0 bridgehead atoms. The summed E-state index contributed by atoms with van der Waals surface area (Å²) < 4.78 is 37.0. The zero-order valence-electron chi connectivity index (χ0n) is 9.62. The van der Waals surface area contributed by atoms with Gasteiger partial charge in [0, 0.05) is 19.0 Å². The van der Waals surface area contributed by atoms with Gasteiger partial charge in [0.1, 0.15) is 0 Å². The van der Waals surface area contributed by atoms with Crippen LogP contribution in [0.5, 0.6) is 0 Å². The Labute approximate surface area is 108 Å². The van der Waals surface area contributed by atoms with Gasteiger partial charge in [-0.1, -0.05) is 0 Å². The molecule has 1 aromatic heterocycles. The standard InChI is InChI=1S/C11H13ClF3N3/c12-7-8-3-5-18(6-4-8)10-2-1-9(16-17-10)11(13,14)15/h1-2,8H,3-7H2. The predicted molar refractivity (Wildman–Crippen MR) is 62.7 cm³/mol. The predicted octanol–water partition coefficient (Wildman–Crippen LogP) is 2.95. The summed E-state index contributed by atoms with van der Waals surface area (Å²) in [7, 11) is 0. The van der Waals surface area contributed by atoms with Crippen molar-refractivity contribution in [1.82, 2.24) is 10.2 Å². The topological polar surface area (TPSA) is 29.0 Å². The first-order chi connectivity index (χ1) is 8.50. The highest BCUT2D eigenvalue weighted by Crippen LogP contribution is 2.28. The van der Waals surface area contributed by atoms with E-state index in [0.717, 1.165) is 32.0 Å². The van der Waals surface area contributed by atoms with Crippen LogP contribution >= 0.6 is 11.6 Å². The summed E-state index contributed by atoms with van der Waals surface area (Å²) in [5, 5.41) is 6.86. The van der Waals surface area contributed by atoms with E-state index in [-0.39, 0.29) is 0 Å². The Morgan fingerprint density at radius 2 is 1.89 bits per heavy atom. The highest BCUT2D eigenvalue weighted by molar-refractivity contribution is 6.18. The average molecular weight is 280 g/mol. The zero-order valence-corrected chi connectivity index (χ0v) is 10.4. The minimum atomic E-state index is -4.43. The lowest BCUT2D eigenvalue weighted by atomic mass is 9.99. The van der Waals surface area contributed by atoms with Crippen molar-refractivity contribution in [1.29, 1.82) is 0 Å². The number of anilines is 1. The van der Waals surface area contributed by atoms with Crippen LogP contribution in [0.25, 0.3) is 0 Å². The Kier molecular flexibility index (Phi) is 3.94. The van der Waals surface area contributed by atoms with Gasteiger partial charge >= 0.3 is 6.18 Å². The van der Waals surface area contributed by atoms with Gasteiger partial charge < -0.3 is 4.90 Å². The van der Waals surface area contributed by atoms with E-state index in [1.165, 1.54) is 6.07 Å². The van der Waals surface area contributed by atoms with E-state index in [0.29, 0.717) is 17.6 Å². The van der Waals surface area contributed by atoms with E-state index in [1.807, 2.05) is 4.90 Å². The van der Waals surface area contributed by atoms with Crippen LogP contribution in [0.2, 0.25) is 0 Å². The van der Waals surface area contributed by atoms with E-state index in [4.69, 9.17) is 11.6 Å². The number of rotatable bonds is 2. The van der Waals surface area contributed by atoms with Crippen LogP contribution < -0.4 is 4.90 Å². The largest absolute Gasteiger partial charge is 0.435 e. The summed E-state index contributed by atoms with van der Waals surface area (Å²) in [6.45, 7) is 1.52. The Morgan fingerprint density at radius 1 is 1.22 bits per heavy atom. The van der Waals surface area contributed by atoms with E-state index in [2.05, 4.69) is 10.2 Å². The third kappa shape index (κ3) is 3.04. The van der Waals surface area contributed by atoms with Crippen molar-refractivity contribution in [3.8, 4) is 0 Å². The fraction of sp³-hybridized carbons (Fsp3) is 0.636. The molecule has 0 unspecified atom stereocenters. The second kappa shape index (κ2) is 5.30. The molecule has 0 spiro atoms. The second-order valence-corrected chi connectivity index (χ2v) is 4.67. The van der Waals surface area contributed by atoms with Crippen LogP contribution in [0.15, 0.2) is 12.1 Å². The second-order valence-electron chi connectivity index (χ2n) is 4.36. The molecule has 1 aliphatic rings. The number of alkyl halides is 4. The van der Waals surface area contributed by atoms with Crippen LogP contribution in [-0.4, -0.2) is 29.2 Å². The normalized spacial score (nSPS) is 18.1. The average Bonchev–Trinajstić information content (AvgIpc) is 2.38. The Hall–Kier alpha value is -1.04. The van der Waals surface area contributed by atoms with Gasteiger partial charge in [-0.3, -0.25) is 0 Å². The lowest BCUT2D eigenvalue weighted by molar-refractivity contribution is -0.141. The van der Waals surface area contributed by atoms with Crippen molar-refractivity contribution in [3.63, 3.8) is 0 Å². The molecule has 0 N–H and O–H groups in total. The molecule has 1 aliphatic heterocycles. The fourth-order valence-electron chi connectivity index (χ4n) is 1.96. The molecule has 0 atom stereocenters. The first-order valence-electron chi connectivity index (χ1n) is 5.72. The number of aromatic nitrogens is 2. The molecule has 18 heavy (non-hydrogen) atoms. The third-order valence-electron chi connectivity index (χ3n) is 3.10. The quantitative estimate of drug-likeness (QED) is 0.780. The molecule has 2 rings (SSSR count). The molecule has 3 nitrogen and oxygen atoms in total. The van der Waals surface area contributed by atoms with Crippen molar-refractivity contribution in [2.75, 3.05) is 23.9 Å². The van der Waals surface area contributed by atoms with E-state index < -0.39 is 11.9 Å². The lowest BCUT2D eigenvalue weighted by Gasteiger charge is -2.31. The first kappa shape index (κ1) is 13.4. The summed E-state index contributed by atoms with van der Waals surface area (Å²) in [4.78, 5) is 1.94. The van der Waals surface area contributed by atoms with Gasteiger partial charge in [-0.2, -0.15) is 13.2 Å². The first-order valence-corrected chi connectivity index (χ1v) is 6.26. The maximum absolute atomic E-state index is 12.3. The van der Waals surface area contributed by atoms with Crippen molar-refractivity contribution in [2.24, 2.45) is 5.92 Å². The molecule has 100 valence electrons. The summed E-state index contributed by atoms with van der Waals surface area (Å²) in [5.74, 6) is 1.62. The molecule has 1 fully saturated rings. The SMILES string of the molecule is FC(F)(F)c1ccc(N2CCC(CCl)CC2)nn1. The molecular formula is C11H13ClF3N3. The van der Waals surface area contributed by atoms with Crippen molar-refractivity contribution in [3.05, 3.63) is 17.8 Å². The highest BCUT2D eigenvalue weighted by Gasteiger charge is 2.33. The van der Waals surface area contributed by atoms with Crippen molar-refractivity contribution in [2.45, 2.75) is 19.0 Å². The maximum atomic E-state index is 12.3. The Bertz CT molecular complexity index is 386. The Morgan fingerprint density at radius 3 is 2.33 bits per heavy atom. The molecular weight excluding hydrogens is 267 g/mol. The number of piperidine rings is 1. The van der Waals surface area contributed by atoms with Gasteiger partial charge in [-0.05, 0) is 30.9 Å². The van der Waals surface area contributed by atoms with Crippen LogP contribution in [0.3, 0.4) is 0 Å². The molecule has 0 radical (unpaired) electrons. The molecule has 2 heterocycles. The highest BCUT2D eigenvalue weighted by atomic mass is 35.5. The third-order valence-corrected chi connectivity index (χ3v) is 3.53. The number of hydrogen-bond donors (Lipinski definition) is 0. The van der Waals surface area contributed by atoms with Crippen LogP contribution in [0.4, 0.5) is 19.0 Å². The van der Waals surface area contributed by atoms with Crippen LogP contribution in [0, 0.1) is 5.92 Å². The summed E-state index contributed by atoms with van der Waals surface area (Å²) in [5.41, 5.74) is -0.957. The summed E-state index contributed by atoms with van der Waals surface area (Å²) in [6, 6.07) is 2.34. The molecule has 1 saturated heterocycles. The van der Waals surface area contributed by atoms with Crippen molar-refractivity contribution < 1.29 is 13.2 Å². The van der Waals surface area contributed by atoms with Gasteiger partial charge in [0.25, 0.3) is 0 Å². The zero-order chi connectivity index (χ0) is 13.2. The maximum Gasteiger partial charge on any atom is 0.435 e. The molecule has 7 heteroatoms. The van der Waals surface area contributed by atoms with Crippen LogP contribution in [0.1, 0.15) is 18.5 Å².